The third-order valence-electron chi connectivity index (χ3n) is 2.66. The summed E-state index contributed by atoms with van der Waals surface area (Å²) in [4.78, 5) is 10.9. The molecule has 0 saturated heterocycles. The first-order valence-corrected chi connectivity index (χ1v) is 6.55. The van der Waals surface area contributed by atoms with Crippen LogP contribution in [0.5, 0.6) is 0 Å². The number of rotatable bonds is 6. The van der Waals surface area contributed by atoms with Crippen molar-refractivity contribution in [2.24, 2.45) is 0 Å². The van der Waals surface area contributed by atoms with Crippen molar-refractivity contribution >= 4 is 29.2 Å². The van der Waals surface area contributed by atoms with Gasteiger partial charge in [0.25, 0.3) is 0 Å². The predicted octanol–water partition coefficient (Wildman–Crippen LogP) is 3.60. The zero-order valence-electron chi connectivity index (χ0n) is 10.5. The van der Waals surface area contributed by atoms with Crippen LogP contribution in [-0.2, 0) is 9.53 Å². The molecule has 0 radical (unpaired) electrons. The van der Waals surface area contributed by atoms with Gasteiger partial charge >= 0.3 is 5.97 Å². The Bertz CT molecular complexity index is 410. The number of hydrogen-bond donors (Lipinski definition) is 1. The minimum atomic E-state index is -0.186. The third-order valence-corrected chi connectivity index (χ3v) is 3.23. The van der Waals surface area contributed by atoms with Gasteiger partial charge in [0, 0.05) is 22.5 Å². The monoisotopic (exact) mass is 289 g/mol. The number of nitrogens with one attached hydrogen (secondary N) is 1. The van der Waals surface area contributed by atoms with E-state index in [1.807, 2.05) is 19.1 Å². The van der Waals surface area contributed by atoms with Crippen molar-refractivity contribution in [1.29, 1.82) is 0 Å². The Hall–Kier alpha value is -0.770. The Morgan fingerprint density at radius 1 is 1.44 bits per heavy atom. The van der Waals surface area contributed by atoms with Crippen molar-refractivity contribution in [3.05, 3.63) is 33.8 Å². The van der Waals surface area contributed by atoms with Crippen LogP contribution in [0.3, 0.4) is 0 Å². The second-order valence-corrected chi connectivity index (χ2v) is 4.86. The summed E-state index contributed by atoms with van der Waals surface area (Å²) in [7, 11) is 1.39. The van der Waals surface area contributed by atoms with Crippen LogP contribution in [0.2, 0.25) is 10.0 Å². The largest absolute Gasteiger partial charge is 0.469 e. The highest BCUT2D eigenvalue weighted by Gasteiger charge is 2.09. The lowest BCUT2D eigenvalue weighted by molar-refractivity contribution is -0.140. The molecule has 0 aromatic heterocycles. The van der Waals surface area contributed by atoms with Gasteiger partial charge in [0.05, 0.1) is 7.11 Å². The molecule has 100 valence electrons. The number of halogens is 2. The zero-order valence-corrected chi connectivity index (χ0v) is 12.0. The minimum Gasteiger partial charge on any atom is -0.469 e. The number of carbonyl (C=O) groups excluding carboxylic acids is 1. The van der Waals surface area contributed by atoms with E-state index in [1.54, 1.807) is 6.07 Å². The predicted molar refractivity (Wildman–Crippen MR) is 74.1 cm³/mol. The Kier molecular flexibility index (Phi) is 6.47. The summed E-state index contributed by atoms with van der Waals surface area (Å²) >= 11 is 12.0. The van der Waals surface area contributed by atoms with Crippen molar-refractivity contribution in [2.75, 3.05) is 13.7 Å². The van der Waals surface area contributed by atoms with Gasteiger partial charge in [-0.15, -0.1) is 0 Å². The van der Waals surface area contributed by atoms with Gasteiger partial charge in [0.15, 0.2) is 0 Å². The Balaban J connectivity index is 2.40. The molecule has 0 bridgehead atoms. The van der Waals surface area contributed by atoms with Crippen molar-refractivity contribution in [1.82, 2.24) is 5.32 Å². The lowest BCUT2D eigenvalue weighted by Crippen LogP contribution is -2.21. The first-order valence-electron chi connectivity index (χ1n) is 5.79. The fourth-order valence-electron chi connectivity index (χ4n) is 1.62. The molecule has 1 atom stereocenters. The van der Waals surface area contributed by atoms with Crippen molar-refractivity contribution in [3.8, 4) is 0 Å². The molecule has 1 unspecified atom stereocenters. The highest BCUT2D eigenvalue weighted by atomic mass is 35.5. The summed E-state index contributed by atoms with van der Waals surface area (Å²) < 4.78 is 4.57. The standard InChI is InChI=1S/C13H17Cl2NO2/c1-9(16-7-3-4-13(17)18-2)11-6-5-10(14)8-12(11)15/h5-6,8-9,16H,3-4,7H2,1-2H3. The van der Waals surface area contributed by atoms with Gasteiger partial charge in [-0.05, 0) is 37.6 Å². The lowest BCUT2D eigenvalue weighted by atomic mass is 10.1. The molecule has 0 spiro atoms. The van der Waals surface area contributed by atoms with Crippen LogP contribution in [0.15, 0.2) is 18.2 Å². The minimum absolute atomic E-state index is 0.118. The topological polar surface area (TPSA) is 38.3 Å². The summed E-state index contributed by atoms with van der Waals surface area (Å²) in [5, 5.41) is 4.58. The van der Waals surface area contributed by atoms with E-state index in [0.717, 1.165) is 18.5 Å². The van der Waals surface area contributed by atoms with Crippen LogP contribution in [-0.4, -0.2) is 19.6 Å². The summed E-state index contributed by atoms with van der Waals surface area (Å²) in [5.74, 6) is -0.186. The molecule has 3 nitrogen and oxygen atoms in total. The van der Waals surface area contributed by atoms with Gasteiger partial charge in [-0.25, -0.2) is 0 Å². The zero-order chi connectivity index (χ0) is 13.5. The van der Waals surface area contributed by atoms with E-state index in [4.69, 9.17) is 23.2 Å². The molecule has 1 N–H and O–H groups in total. The maximum absolute atomic E-state index is 10.9. The molecule has 1 rings (SSSR count). The molecule has 0 amide bonds. The molecule has 0 fully saturated rings. The van der Waals surface area contributed by atoms with Gasteiger partial charge in [-0.1, -0.05) is 29.3 Å². The average molecular weight is 290 g/mol. The molecule has 5 heteroatoms. The number of carbonyl (C=O) groups is 1. The number of esters is 1. The van der Waals surface area contributed by atoms with E-state index in [9.17, 15) is 4.79 Å². The second-order valence-electron chi connectivity index (χ2n) is 4.02. The van der Waals surface area contributed by atoms with Gasteiger partial charge < -0.3 is 10.1 Å². The number of ether oxygens (including phenoxy) is 1. The van der Waals surface area contributed by atoms with Crippen LogP contribution in [0.25, 0.3) is 0 Å². The van der Waals surface area contributed by atoms with Crippen molar-refractivity contribution in [2.45, 2.75) is 25.8 Å². The number of methoxy groups -OCH3 is 1. The maximum Gasteiger partial charge on any atom is 0.305 e. The Morgan fingerprint density at radius 2 is 2.17 bits per heavy atom. The maximum atomic E-state index is 10.9. The highest BCUT2D eigenvalue weighted by molar-refractivity contribution is 6.35. The van der Waals surface area contributed by atoms with Crippen LogP contribution in [0.1, 0.15) is 31.4 Å². The average Bonchev–Trinajstić information content (AvgIpc) is 2.34. The SMILES string of the molecule is COC(=O)CCCNC(C)c1ccc(Cl)cc1Cl. The Morgan fingerprint density at radius 3 is 2.78 bits per heavy atom. The molecule has 1 aromatic carbocycles. The van der Waals surface area contributed by atoms with E-state index in [2.05, 4.69) is 10.1 Å². The molecule has 0 aliphatic rings. The van der Waals surface area contributed by atoms with Gasteiger partial charge in [0.2, 0.25) is 0 Å². The molecular formula is C13H17Cl2NO2. The summed E-state index contributed by atoms with van der Waals surface area (Å²) in [6, 6.07) is 5.57. The molecule has 0 saturated carbocycles. The number of benzene rings is 1. The first kappa shape index (κ1) is 15.3. The number of hydrogen-bond acceptors (Lipinski definition) is 3. The Labute approximate surface area is 117 Å². The molecular weight excluding hydrogens is 273 g/mol. The summed E-state index contributed by atoms with van der Waals surface area (Å²) in [6.07, 6.45) is 1.16. The van der Waals surface area contributed by atoms with E-state index in [-0.39, 0.29) is 12.0 Å². The second kappa shape index (κ2) is 7.62. The molecule has 1 aromatic rings. The van der Waals surface area contributed by atoms with Crippen molar-refractivity contribution in [3.63, 3.8) is 0 Å². The highest BCUT2D eigenvalue weighted by Crippen LogP contribution is 2.25. The molecule has 0 aliphatic carbocycles. The fraction of sp³-hybridized carbons (Fsp3) is 0.462. The van der Waals surface area contributed by atoms with Gasteiger partial charge in [-0.3, -0.25) is 4.79 Å². The lowest BCUT2D eigenvalue weighted by Gasteiger charge is -2.15. The third kappa shape index (κ3) is 4.84. The fourth-order valence-corrected chi connectivity index (χ4v) is 2.19. The first-order chi connectivity index (χ1) is 8.54. The van der Waals surface area contributed by atoms with E-state index >= 15 is 0 Å². The van der Waals surface area contributed by atoms with Crippen LogP contribution in [0, 0.1) is 0 Å². The van der Waals surface area contributed by atoms with Crippen LogP contribution >= 0.6 is 23.2 Å². The van der Waals surface area contributed by atoms with E-state index < -0.39 is 0 Å². The molecule has 0 heterocycles. The van der Waals surface area contributed by atoms with E-state index in [1.165, 1.54) is 7.11 Å². The normalized spacial score (nSPS) is 12.2. The van der Waals surface area contributed by atoms with Crippen molar-refractivity contribution < 1.29 is 9.53 Å². The summed E-state index contributed by atoms with van der Waals surface area (Å²) in [5.41, 5.74) is 0.999. The van der Waals surface area contributed by atoms with Crippen LogP contribution in [0.4, 0.5) is 0 Å². The van der Waals surface area contributed by atoms with E-state index in [0.29, 0.717) is 16.5 Å². The molecule has 0 aliphatic heterocycles. The molecule has 18 heavy (non-hydrogen) atoms. The van der Waals surface area contributed by atoms with Gasteiger partial charge in [-0.2, -0.15) is 0 Å². The summed E-state index contributed by atoms with van der Waals surface area (Å²) in [6.45, 7) is 2.75. The smallest absolute Gasteiger partial charge is 0.305 e. The van der Waals surface area contributed by atoms with Crippen LogP contribution < -0.4 is 5.32 Å². The quantitative estimate of drug-likeness (QED) is 0.642. The van der Waals surface area contributed by atoms with Gasteiger partial charge in [0.1, 0.15) is 0 Å².